The third-order valence-electron chi connectivity index (χ3n) is 5.03. The summed E-state index contributed by atoms with van der Waals surface area (Å²) in [6.45, 7) is 2.62. The minimum Gasteiger partial charge on any atom is -0.484 e. The molecule has 182 valence electrons. The van der Waals surface area contributed by atoms with Gasteiger partial charge in [0.25, 0.3) is 0 Å². The summed E-state index contributed by atoms with van der Waals surface area (Å²) in [5.74, 6) is 0.372. The summed E-state index contributed by atoms with van der Waals surface area (Å²) in [5.41, 5.74) is 0.253. The Morgan fingerprint density at radius 1 is 0.969 bits per heavy atom. The Morgan fingerprint density at radius 2 is 1.56 bits per heavy atom. The summed E-state index contributed by atoms with van der Waals surface area (Å²) < 4.78 is 26.9. The van der Waals surface area contributed by atoms with E-state index in [2.05, 4.69) is 16.4 Å². The number of nitriles is 1. The fourth-order valence-electron chi connectivity index (χ4n) is 3.26. The molecule has 0 aliphatic carbocycles. The standard InChI is InChI=1S/C23H39N2O6P/c1-2-3-4-5-6-7-8-9-10-11-12-13-16-29-19-23(20-30-32(26,27)28)31-22-15-14-21(17-24)25-18-22/h14-15,18,23H,2-13,16,19-20H2,1H3,(H2,26,27,28)/t23-/m1/s1. The van der Waals surface area contributed by atoms with Crippen LogP contribution < -0.4 is 4.74 Å². The van der Waals surface area contributed by atoms with Gasteiger partial charge in [0.1, 0.15) is 23.6 Å². The quantitative estimate of drug-likeness (QED) is 0.188. The zero-order valence-corrected chi connectivity index (χ0v) is 20.2. The second kappa shape index (κ2) is 18.0. The van der Waals surface area contributed by atoms with E-state index in [9.17, 15) is 4.57 Å². The van der Waals surface area contributed by atoms with E-state index in [4.69, 9.17) is 24.5 Å². The highest BCUT2D eigenvalue weighted by molar-refractivity contribution is 7.46. The average molecular weight is 471 g/mol. The van der Waals surface area contributed by atoms with Gasteiger partial charge in [-0.25, -0.2) is 9.55 Å². The van der Waals surface area contributed by atoms with E-state index in [-0.39, 0.29) is 18.9 Å². The van der Waals surface area contributed by atoms with E-state index in [1.807, 2.05) is 6.07 Å². The Bertz CT molecular complexity index is 674. The van der Waals surface area contributed by atoms with Crippen molar-refractivity contribution in [1.82, 2.24) is 4.98 Å². The van der Waals surface area contributed by atoms with Crippen LogP contribution in [-0.2, 0) is 13.8 Å². The van der Waals surface area contributed by atoms with E-state index in [0.717, 1.165) is 12.8 Å². The van der Waals surface area contributed by atoms with Gasteiger partial charge in [-0.15, -0.1) is 0 Å². The molecule has 1 heterocycles. The molecule has 8 nitrogen and oxygen atoms in total. The molecule has 0 amide bonds. The molecule has 1 aromatic rings. The number of aromatic nitrogens is 1. The summed E-state index contributed by atoms with van der Waals surface area (Å²) in [6, 6.07) is 4.99. The lowest BCUT2D eigenvalue weighted by Gasteiger charge is -2.19. The molecule has 32 heavy (non-hydrogen) atoms. The van der Waals surface area contributed by atoms with Crippen LogP contribution in [0.25, 0.3) is 0 Å². The van der Waals surface area contributed by atoms with E-state index in [1.165, 1.54) is 76.5 Å². The lowest BCUT2D eigenvalue weighted by atomic mass is 10.1. The molecule has 0 aromatic carbocycles. The Kier molecular flexibility index (Phi) is 16.1. The Labute approximate surface area is 192 Å². The number of unbranched alkanes of at least 4 members (excludes halogenated alkanes) is 11. The number of hydrogen-bond acceptors (Lipinski definition) is 6. The van der Waals surface area contributed by atoms with Crippen LogP contribution in [0.1, 0.15) is 89.7 Å². The monoisotopic (exact) mass is 470 g/mol. The predicted octanol–water partition coefficient (Wildman–Crippen LogP) is 5.53. The van der Waals surface area contributed by atoms with E-state index in [1.54, 1.807) is 6.07 Å². The average Bonchev–Trinajstić information content (AvgIpc) is 2.77. The summed E-state index contributed by atoms with van der Waals surface area (Å²) in [4.78, 5) is 21.8. The highest BCUT2D eigenvalue weighted by Gasteiger charge is 2.20. The van der Waals surface area contributed by atoms with E-state index >= 15 is 0 Å². The molecule has 0 saturated carbocycles. The lowest BCUT2D eigenvalue weighted by molar-refractivity contribution is 0.0178. The first-order chi connectivity index (χ1) is 15.4. The van der Waals surface area contributed by atoms with Crippen molar-refractivity contribution >= 4 is 7.82 Å². The van der Waals surface area contributed by atoms with Crippen LogP contribution in [0.3, 0.4) is 0 Å². The van der Waals surface area contributed by atoms with Gasteiger partial charge in [-0.2, -0.15) is 5.26 Å². The van der Waals surface area contributed by atoms with Crippen molar-refractivity contribution in [2.45, 2.75) is 90.1 Å². The summed E-state index contributed by atoms with van der Waals surface area (Å²) in [6.07, 6.45) is 15.9. The second-order valence-corrected chi connectivity index (χ2v) is 9.22. The van der Waals surface area contributed by atoms with Crippen molar-refractivity contribution in [3.8, 4) is 11.8 Å². The molecule has 0 fully saturated rings. The third kappa shape index (κ3) is 16.2. The van der Waals surface area contributed by atoms with E-state index in [0.29, 0.717) is 12.4 Å². The minimum absolute atomic E-state index is 0.137. The van der Waals surface area contributed by atoms with Crippen LogP contribution in [0.5, 0.6) is 5.75 Å². The summed E-state index contributed by atoms with van der Waals surface area (Å²) in [7, 11) is -4.60. The van der Waals surface area contributed by atoms with Gasteiger partial charge in [0, 0.05) is 6.61 Å². The van der Waals surface area contributed by atoms with Gasteiger partial charge >= 0.3 is 7.82 Å². The first kappa shape index (κ1) is 28.5. The SMILES string of the molecule is CCCCCCCCCCCCCCOC[C@H](COP(=O)(O)O)Oc1ccc(C#N)nc1. The van der Waals surface area contributed by atoms with Crippen LogP contribution in [-0.4, -0.2) is 40.7 Å². The minimum atomic E-state index is -4.60. The van der Waals surface area contributed by atoms with Crippen LogP contribution >= 0.6 is 7.82 Å². The van der Waals surface area contributed by atoms with Crippen molar-refractivity contribution in [1.29, 1.82) is 5.26 Å². The van der Waals surface area contributed by atoms with Crippen molar-refractivity contribution in [2.24, 2.45) is 0 Å². The molecular weight excluding hydrogens is 431 g/mol. The number of rotatable bonds is 20. The maximum Gasteiger partial charge on any atom is 0.469 e. The number of nitrogens with zero attached hydrogens (tertiary/aromatic N) is 2. The number of ether oxygens (including phenoxy) is 2. The largest absolute Gasteiger partial charge is 0.484 e. The molecule has 2 N–H and O–H groups in total. The van der Waals surface area contributed by atoms with Crippen LogP contribution in [0.15, 0.2) is 18.3 Å². The van der Waals surface area contributed by atoms with Gasteiger partial charge in [-0.3, -0.25) is 4.52 Å². The lowest BCUT2D eigenvalue weighted by Crippen LogP contribution is -2.28. The van der Waals surface area contributed by atoms with Crippen molar-refractivity contribution in [3.05, 3.63) is 24.0 Å². The molecule has 0 radical (unpaired) electrons. The molecule has 0 bridgehead atoms. The Morgan fingerprint density at radius 3 is 2.06 bits per heavy atom. The van der Waals surface area contributed by atoms with Gasteiger partial charge < -0.3 is 19.3 Å². The number of phosphoric acid groups is 1. The summed E-state index contributed by atoms with van der Waals surface area (Å²) >= 11 is 0. The molecule has 9 heteroatoms. The fraction of sp³-hybridized carbons (Fsp3) is 0.739. The van der Waals surface area contributed by atoms with E-state index < -0.39 is 13.9 Å². The van der Waals surface area contributed by atoms with Crippen LogP contribution in [0, 0.1) is 11.3 Å². The highest BCUT2D eigenvalue weighted by Crippen LogP contribution is 2.36. The first-order valence-corrected chi connectivity index (χ1v) is 13.3. The maximum atomic E-state index is 11.0. The molecule has 0 saturated heterocycles. The molecule has 1 atom stereocenters. The second-order valence-electron chi connectivity index (χ2n) is 7.98. The van der Waals surface area contributed by atoms with Crippen molar-refractivity contribution < 1.29 is 28.3 Å². The van der Waals surface area contributed by atoms with Gasteiger partial charge in [0.15, 0.2) is 0 Å². The van der Waals surface area contributed by atoms with Gasteiger partial charge in [0.2, 0.25) is 0 Å². The Hall–Kier alpha value is -1.49. The molecule has 0 spiro atoms. The predicted molar refractivity (Wildman–Crippen MR) is 123 cm³/mol. The van der Waals surface area contributed by atoms with Crippen LogP contribution in [0.2, 0.25) is 0 Å². The van der Waals surface area contributed by atoms with Gasteiger partial charge in [-0.05, 0) is 18.6 Å². The molecule has 0 aliphatic heterocycles. The highest BCUT2D eigenvalue weighted by atomic mass is 31.2. The zero-order valence-electron chi connectivity index (χ0n) is 19.3. The first-order valence-electron chi connectivity index (χ1n) is 11.7. The number of phosphoric ester groups is 1. The molecule has 1 rings (SSSR count). The smallest absolute Gasteiger partial charge is 0.469 e. The topological polar surface area (TPSA) is 122 Å². The summed E-state index contributed by atoms with van der Waals surface area (Å²) in [5, 5.41) is 8.80. The van der Waals surface area contributed by atoms with Crippen molar-refractivity contribution in [3.63, 3.8) is 0 Å². The molecular formula is C23H39N2O6P. The fourth-order valence-corrected chi connectivity index (χ4v) is 3.63. The third-order valence-corrected chi connectivity index (χ3v) is 5.51. The molecule has 1 aromatic heterocycles. The normalized spacial score (nSPS) is 12.4. The number of hydrogen-bond donors (Lipinski definition) is 2. The van der Waals surface area contributed by atoms with Gasteiger partial charge in [-0.1, -0.05) is 77.6 Å². The van der Waals surface area contributed by atoms with Gasteiger partial charge in [0.05, 0.1) is 19.4 Å². The van der Waals surface area contributed by atoms with Crippen LogP contribution in [0.4, 0.5) is 0 Å². The Balaban J connectivity index is 2.15. The number of pyridine rings is 1. The molecule has 0 unspecified atom stereocenters. The van der Waals surface area contributed by atoms with Crippen molar-refractivity contribution in [2.75, 3.05) is 19.8 Å². The maximum absolute atomic E-state index is 11.0. The zero-order chi connectivity index (χ0) is 23.5. The molecule has 0 aliphatic rings.